The van der Waals surface area contributed by atoms with Gasteiger partial charge in [0.15, 0.2) is 0 Å². The predicted octanol–water partition coefficient (Wildman–Crippen LogP) is 2.57. The predicted molar refractivity (Wildman–Crippen MR) is 107 cm³/mol. The van der Waals surface area contributed by atoms with Crippen molar-refractivity contribution in [1.29, 1.82) is 0 Å². The summed E-state index contributed by atoms with van der Waals surface area (Å²) in [5, 5.41) is 9.60. The zero-order valence-electron chi connectivity index (χ0n) is 16.4. The van der Waals surface area contributed by atoms with Crippen molar-refractivity contribution in [2.45, 2.75) is 51.7 Å². The number of urea groups is 1. The number of imide groups is 1. The lowest BCUT2D eigenvalue weighted by molar-refractivity contribution is -0.137. The number of hydrogen-bond donors (Lipinski definition) is 2. The Kier molecular flexibility index (Phi) is 5.51. The molecule has 7 nitrogen and oxygen atoms in total. The van der Waals surface area contributed by atoms with Gasteiger partial charge < -0.3 is 10.6 Å². The van der Waals surface area contributed by atoms with Crippen LogP contribution >= 0.6 is 11.3 Å². The highest BCUT2D eigenvalue weighted by Gasteiger charge is 2.48. The van der Waals surface area contributed by atoms with Crippen LogP contribution in [0.25, 0.3) is 0 Å². The second-order valence-corrected chi connectivity index (χ2v) is 8.29. The Balaban J connectivity index is 1.82. The van der Waals surface area contributed by atoms with Crippen molar-refractivity contribution >= 4 is 29.2 Å². The van der Waals surface area contributed by atoms with E-state index in [9.17, 15) is 14.4 Å². The first-order valence-corrected chi connectivity index (χ1v) is 10.0. The van der Waals surface area contributed by atoms with E-state index in [4.69, 9.17) is 0 Å². The van der Waals surface area contributed by atoms with E-state index < -0.39 is 29.4 Å². The van der Waals surface area contributed by atoms with Crippen molar-refractivity contribution in [2.75, 3.05) is 0 Å². The van der Waals surface area contributed by atoms with Gasteiger partial charge in [-0.3, -0.25) is 14.6 Å². The van der Waals surface area contributed by atoms with E-state index in [1.807, 2.05) is 35.9 Å². The summed E-state index contributed by atoms with van der Waals surface area (Å²) >= 11 is 1.59. The van der Waals surface area contributed by atoms with Gasteiger partial charge in [-0.2, -0.15) is 11.3 Å². The van der Waals surface area contributed by atoms with E-state index in [2.05, 4.69) is 15.6 Å². The molecular formula is C20H24N4O3S. The summed E-state index contributed by atoms with van der Waals surface area (Å²) in [6.07, 6.45) is 2.27. The van der Waals surface area contributed by atoms with Gasteiger partial charge in [-0.15, -0.1) is 0 Å². The molecule has 1 fully saturated rings. The van der Waals surface area contributed by atoms with Crippen LogP contribution in [0.15, 0.2) is 35.2 Å². The molecule has 2 N–H and O–H groups in total. The maximum atomic E-state index is 12.9. The SMILES string of the molecule is Cc1cccnc1[C@H](Cc1ccsc1)NC(=O)[C@H](C)N1C(=O)NC(C)(C)C1=O. The van der Waals surface area contributed by atoms with Gasteiger partial charge in [-0.05, 0) is 68.1 Å². The van der Waals surface area contributed by atoms with Crippen LogP contribution < -0.4 is 10.6 Å². The molecule has 1 aliphatic heterocycles. The lowest BCUT2D eigenvalue weighted by Gasteiger charge is -2.25. The van der Waals surface area contributed by atoms with E-state index in [1.54, 1.807) is 38.3 Å². The van der Waals surface area contributed by atoms with Crippen molar-refractivity contribution in [2.24, 2.45) is 0 Å². The quantitative estimate of drug-likeness (QED) is 0.729. The lowest BCUT2D eigenvalue weighted by atomic mass is 10.0. The van der Waals surface area contributed by atoms with E-state index in [-0.39, 0.29) is 6.04 Å². The van der Waals surface area contributed by atoms with E-state index in [0.717, 1.165) is 21.7 Å². The average molecular weight is 401 g/mol. The molecule has 0 unspecified atom stereocenters. The summed E-state index contributed by atoms with van der Waals surface area (Å²) in [4.78, 5) is 43.1. The van der Waals surface area contributed by atoms with Crippen molar-refractivity contribution in [1.82, 2.24) is 20.5 Å². The Labute approximate surface area is 168 Å². The first-order valence-electron chi connectivity index (χ1n) is 9.09. The van der Waals surface area contributed by atoms with Gasteiger partial charge in [0.1, 0.15) is 11.6 Å². The third-order valence-electron chi connectivity index (χ3n) is 4.87. The normalized spacial score (nSPS) is 17.9. The van der Waals surface area contributed by atoms with Gasteiger partial charge in [0.05, 0.1) is 11.7 Å². The Hall–Kier alpha value is -2.74. The van der Waals surface area contributed by atoms with Gasteiger partial charge in [-0.1, -0.05) is 6.07 Å². The second-order valence-electron chi connectivity index (χ2n) is 7.51. The standard InChI is InChI=1S/C20H24N4O3S/c1-12-6-5-8-21-16(12)15(10-14-7-9-28-11-14)22-17(25)13(2)24-18(26)20(3,4)23-19(24)27/h5-9,11,13,15H,10H2,1-4H3,(H,22,25)(H,23,27)/t13-,15-/m0/s1. The molecule has 0 radical (unpaired) electrons. The van der Waals surface area contributed by atoms with Crippen molar-refractivity contribution in [3.05, 3.63) is 52.0 Å². The van der Waals surface area contributed by atoms with Crippen LogP contribution in [0.5, 0.6) is 0 Å². The van der Waals surface area contributed by atoms with Crippen LogP contribution in [-0.2, 0) is 16.0 Å². The fraction of sp³-hybridized carbons (Fsp3) is 0.400. The number of carbonyl (C=O) groups excluding carboxylic acids is 3. The van der Waals surface area contributed by atoms with Crippen molar-refractivity contribution in [3.63, 3.8) is 0 Å². The van der Waals surface area contributed by atoms with Gasteiger partial charge in [0.25, 0.3) is 5.91 Å². The number of aryl methyl sites for hydroxylation is 1. The summed E-state index contributed by atoms with van der Waals surface area (Å²) in [6.45, 7) is 6.74. The Bertz CT molecular complexity index is 895. The molecule has 1 aliphatic rings. The summed E-state index contributed by atoms with van der Waals surface area (Å²) < 4.78 is 0. The smallest absolute Gasteiger partial charge is 0.325 e. The molecule has 0 aromatic carbocycles. The summed E-state index contributed by atoms with van der Waals surface area (Å²) in [7, 11) is 0. The molecule has 1 saturated heterocycles. The van der Waals surface area contributed by atoms with Gasteiger partial charge in [0, 0.05) is 6.20 Å². The fourth-order valence-corrected chi connectivity index (χ4v) is 3.94. The molecule has 8 heteroatoms. The van der Waals surface area contributed by atoms with Crippen LogP contribution in [0.4, 0.5) is 4.79 Å². The minimum absolute atomic E-state index is 0.362. The minimum Gasteiger partial charge on any atom is -0.346 e. The molecule has 3 rings (SSSR count). The summed E-state index contributed by atoms with van der Waals surface area (Å²) in [5.41, 5.74) is 1.81. The van der Waals surface area contributed by atoms with Crippen LogP contribution in [-0.4, -0.2) is 39.3 Å². The van der Waals surface area contributed by atoms with Crippen LogP contribution in [0, 0.1) is 6.92 Å². The number of nitrogens with one attached hydrogen (secondary N) is 2. The molecule has 28 heavy (non-hydrogen) atoms. The largest absolute Gasteiger partial charge is 0.346 e. The highest BCUT2D eigenvalue weighted by Crippen LogP contribution is 2.23. The highest BCUT2D eigenvalue weighted by molar-refractivity contribution is 7.07. The molecule has 2 atom stereocenters. The number of amides is 4. The third-order valence-corrected chi connectivity index (χ3v) is 5.61. The average Bonchev–Trinajstić information content (AvgIpc) is 3.20. The molecule has 4 amide bonds. The summed E-state index contributed by atoms with van der Waals surface area (Å²) in [5.74, 6) is -0.810. The number of carbonyl (C=O) groups is 3. The molecule has 0 bridgehead atoms. The number of thiophene rings is 1. The molecule has 0 aliphatic carbocycles. The van der Waals surface area contributed by atoms with Crippen molar-refractivity contribution in [3.8, 4) is 0 Å². The van der Waals surface area contributed by atoms with Crippen molar-refractivity contribution < 1.29 is 14.4 Å². The van der Waals surface area contributed by atoms with E-state index in [1.165, 1.54) is 0 Å². The number of pyridine rings is 1. The zero-order valence-corrected chi connectivity index (χ0v) is 17.2. The second kappa shape index (κ2) is 7.71. The molecular weight excluding hydrogens is 376 g/mol. The highest BCUT2D eigenvalue weighted by atomic mass is 32.1. The topological polar surface area (TPSA) is 91.4 Å². The Morgan fingerprint density at radius 3 is 2.68 bits per heavy atom. The monoisotopic (exact) mass is 400 g/mol. The molecule has 2 aromatic heterocycles. The molecule has 148 valence electrons. The van der Waals surface area contributed by atoms with Crippen LogP contribution in [0.2, 0.25) is 0 Å². The Morgan fingerprint density at radius 1 is 1.36 bits per heavy atom. The van der Waals surface area contributed by atoms with E-state index in [0.29, 0.717) is 6.42 Å². The maximum absolute atomic E-state index is 12.9. The maximum Gasteiger partial charge on any atom is 0.325 e. The van der Waals surface area contributed by atoms with Gasteiger partial charge in [-0.25, -0.2) is 9.69 Å². The first kappa shape index (κ1) is 20.0. The molecule has 3 heterocycles. The number of nitrogens with zero attached hydrogens (tertiary/aromatic N) is 2. The minimum atomic E-state index is -1.01. The van der Waals surface area contributed by atoms with Crippen LogP contribution in [0.3, 0.4) is 0 Å². The number of hydrogen-bond acceptors (Lipinski definition) is 5. The zero-order chi connectivity index (χ0) is 20.5. The molecule has 0 spiro atoms. The Morgan fingerprint density at radius 2 is 2.11 bits per heavy atom. The summed E-state index contributed by atoms with van der Waals surface area (Å²) in [6, 6.07) is 3.95. The van der Waals surface area contributed by atoms with Gasteiger partial charge >= 0.3 is 6.03 Å². The van der Waals surface area contributed by atoms with Gasteiger partial charge in [0.2, 0.25) is 5.91 Å². The molecule has 2 aromatic rings. The van der Waals surface area contributed by atoms with E-state index >= 15 is 0 Å². The molecule has 0 saturated carbocycles. The number of aromatic nitrogens is 1. The first-order chi connectivity index (χ1) is 13.2. The van der Waals surface area contributed by atoms with Crippen LogP contribution in [0.1, 0.15) is 43.6 Å². The lowest BCUT2D eigenvalue weighted by Crippen LogP contribution is -2.50. The fourth-order valence-electron chi connectivity index (χ4n) is 3.26. The third kappa shape index (κ3) is 3.91. The number of rotatable bonds is 6.